The Hall–Kier alpha value is -1.40. The molecule has 0 amide bonds. The predicted molar refractivity (Wildman–Crippen MR) is 75.2 cm³/mol. The lowest BCUT2D eigenvalue weighted by molar-refractivity contribution is 0.0692. The summed E-state index contributed by atoms with van der Waals surface area (Å²) in [6, 6.07) is 5.57. The molecule has 0 saturated carbocycles. The molecule has 0 aromatic heterocycles. The molecular formula is C14H19NO4S. The Balaban J connectivity index is 2.52. The molecule has 20 heavy (non-hydrogen) atoms. The van der Waals surface area contributed by atoms with Crippen LogP contribution in [0.15, 0.2) is 29.2 Å². The summed E-state index contributed by atoms with van der Waals surface area (Å²) in [6.45, 7) is 3.74. The van der Waals surface area contributed by atoms with Gasteiger partial charge in [0.25, 0.3) is 0 Å². The van der Waals surface area contributed by atoms with Gasteiger partial charge in [-0.15, -0.1) is 0 Å². The smallest absolute Gasteiger partial charge is 0.337 e. The average molecular weight is 297 g/mol. The molecule has 0 radical (unpaired) electrons. The van der Waals surface area contributed by atoms with E-state index in [1.54, 1.807) is 6.07 Å². The molecule has 2 atom stereocenters. The van der Waals surface area contributed by atoms with Crippen LogP contribution in [0.3, 0.4) is 0 Å². The average Bonchev–Trinajstić information content (AvgIpc) is 2.38. The molecule has 0 aliphatic carbocycles. The summed E-state index contributed by atoms with van der Waals surface area (Å²) in [5.74, 6) is -1.22. The van der Waals surface area contributed by atoms with Crippen molar-refractivity contribution in [1.29, 1.82) is 0 Å². The summed E-state index contributed by atoms with van der Waals surface area (Å²) in [7, 11) is -3.78. The van der Waals surface area contributed by atoms with Gasteiger partial charge in [-0.1, -0.05) is 18.6 Å². The van der Waals surface area contributed by atoms with Crippen LogP contribution in [0.5, 0.6) is 0 Å². The minimum Gasteiger partial charge on any atom is -0.478 e. The van der Waals surface area contributed by atoms with E-state index >= 15 is 0 Å². The van der Waals surface area contributed by atoms with Crippen LogP contribution in [0.2, 0.25) is 0 Å². The van der Waals surface area contributed by atoms with Crippen molar-refractivity contribution in [3.8, 4) is 0 Å². The van der Waals surface area contributed by atoms with E-state index in [0.717, 1.165) is 19.3 Å². The summed E-state index contributed by atoms with van der Waals surface area (Å²) in [6.07, 6.45) is 2.60. The van der Waals surface area contributed by atoms with Gasteiger partial charge in [0.2, 0.25) is 10.0 Å². The van der Waals surface area contributed by atoms with Gasteiger partial charge in [-0.3, -0.25) is 0 Å². The number of carboxylic acids is 1. The summed E-state index contributed by atoms with van der Waals surface area (Å²) >= 11 is 0. The lowest BCUT2D eigenvalue weighted by Gasteiger charge is -2.37. The fourth-order valence-electron chi connectivity index (χ4n) is 2.85. The second kappa shape index (κ2) is 5.54. The van der Waals surface area contributed by atoms with Crippen LogP contribution in [0, 0.1) is 0 Å². The first-order valence-electron chi connectivity index (χ1n) is 6.71. The molecule has 1 heterocycles. The van der Waals surface area contributed by atoms with Crippen LogP contribution in [0.1, 0.15) is 43.5 Å². The largest absolute Gasteiger partial charge is 0.478 e. The molecule has 1 fully saturated rings. The number of rotatable bonds is 3. The van der Waals surface area contributed by atoms with E-state index in [1.807, 2.05) is 13.8 Å². The minimum absolute atomic E-state index is 0.106. The van der Waals surface area contributed by atoms with E-state index in [2.05, 4.69) is 0 Å². The molecule has 1 aliphatic rings. The SMILES string of the molecule is C[C@@H]1CCC[C@H](C)N1S(=O)(=O)c1ccccc1C(=O)O. The van der Waals surface area contributed by atoms with Crippen LogP contribution < -0.4 is 0 Å². The highest BCUT2D eigenvalue weighted by atomic mass is 32.2. The molecular weight excluding hydrogens is 278 g/mol. The van der Waals surface area contributed by atoms with Crippen molar-refractivity contribution < 1.29 is 18.3 Å². The van der Waals surface area contributed by atoms with Crippen molar-refractivity contribution >= 4 is 16.0 Å². The van der Waals surface area contributed by atoms with Crippen LogP contribution in [-0.2, 0) is 10.0 Å². The third-order valence-corrected chi connectivity index (χ3v) is 5.97. The molecule has 1 saturated heterocycles. The van der Waals surface area contributed by atoms with Crippen molar-refractivity contribution in [2.24, 2.45) is 0 Å². The van der Waals surface area contributed by atoms with Crippen LogP contribution >= 0.6 is 0 Å². The Bertz CT molecular complexity index is 601. The van der Waals surface area contributed by atoms with Crippen molar-refractivity contribution in [2.75, 3.05) is 0 Å². The zero-order valence-corrected chi connectivity index (χ0v) is 12.4. The topological polar surface area (TPSA) is 74.7 Å². The number of nitrogens with zero attached hydrogens (tertiary/aromatic N) is 1. The molecule has 0 unspecified atom stereocenters. The normalized spacial score (nSPS) is 24.5. The molecule has 0 bridgehead atoms. The highest BCUT2D eigenvalue weighted by Crippen LogP contribution is 2.30. The van der Waals surface area contributed by atoms with E-state index < -0.39 is 16.0 Å². The molecule has 1 aliphatic heterocycles. The van der Waals surface area contributed by atoms with Crippen molar-refractivity contribution in [2.45, 2.75) is 50.1 Å². The van der Waals surface area contributed by atoms with Gasteiger partial charge in [-0.2, -0.15) is 4.31 Å². The maximum absolute atomic E-state index is 12.8. The summed E-state index contributed by atoms with van der Waals surface area (Å²) in [4.78, 5) is 11.1. The maximum Gasteiger partial charge on any atom is 0.337 e. The van der Waals surface area contributed by atoms with Crippen LogP contribution in [0.4, 0.5) is 0 Å². The summed E-state index contributed by atoms with van der Waals surface area (Å²) in [5.41, 5.74) is -0.169. The van der Waals surface area contributed by atoms with Gasteiger partial charge in [0.05, 0.1) is 10.5 Å². The zero-order chi connectivity index (χ0) is 14.9. The lowest BCUT2D eigenvalue weighted by atomic mass is 10.0. The Kier molecular flexibility index (Phi) is 4.15. The molecule has 1 aromatic rings. The van der Waals surface area contributed by atoms with Gasteiger partial charge >= 0.3 is 5.97 Å². The number of sulfonamides is 1. The van der Waals surface area contributed by atoms with Crippen LogP contribution in [0.25, 0.3) is 0 Å². The van der Waals surface area contributed by atoms with Gasteiger partial charge in [0, 0.05) is 12.1 Å². The van der Waals surface area contributed by atoms with Gasteiger partial charge in [0.15, 0.2) is 0 Å². The third-order valence-electron chi connectivity index (χ3n) is 3.79. The van der Waals surface area contributed by atoms with Gasteiger partial charge in [-0.05, 0) is 38.8 Å². The van der Waals surface area contributed by atoms with E-state index in [0.29, 0.717) is 0 Å². The Morgan fingerprint density at radius 2 is 1.75 bits per heavy atom. The number of hydrogen-bond acceptors (Lipinski definition) is 3. The molecule has 1 N–H and O–H groups in total. The number of carbonyl (C=O) groups is 1. The number of aromatic carboxylic acids is 1. The zero-order valence-electron chi connectivity index (χ0n) is 11.6. The first-order chi connectivity index (χ1) is 9.35. The predicted octanol–water partition coefficient (Wildman–Crippen LogP) is 2.34. The first kappa shape index (κ1) is 15.0. The number of piperidine rings is 1. The van der Waals surface area contributed by atoms with Gasteiger partial charge < -0.3 is 5.11 Å². The highest BCUT2D eigenvalue weighted by molar-refractivity contribution is 7.89. The monoisotopic (exact) mass is 297 g/mol. The Morgan fingerprint density at radius 3 is 2.30 bits per heavy atom. The Labute approximate surface area is 119 Å². The molecule has 6 heteroatoms. The molecule has 0 spiro atoms. The van der Waals surface area contributed by atoms with Crippen molar-refractivity contribution in [1.82, 2.24) is 4.31 Å². The molecule has 2 rings (SSSR count). The van der Waals surface area contributed by atoms with Crippen molar-refractivity contribution in [3.05, 3.63) is 29.8 Å². The second-order valence-electron chi connectivity index (χ2n) is 5.27. The number of carboxylic acid groups (broad SMARTS) is 1. The van der Waals surface area contributed by atoms with E-state index in [4.69, 9.17) is 0 Å². The highest BCUT2D eigenvalue weighted by Gasteiger charge is 2.37. The second-order valence-corrected chi connectivity index (χ2v) is 7.08. The fraction of sp³-hybridized carbons (Fsp3) is 0.500. The third kappa shape index (κ3) is 2.58. The van der Waals surface area contributed by atoms with Crippen molar-refractivity contribution in [3.63, 3.8) is 0 Å². The van der Waals surface area contributed by atoms with E-state index in [9.17, 15) is 18.3 Å². The molecule has 1 aromatic carbocycles. The van der Waals surface area contributed by atoms with Gasteiger partial charge in [0.1, 0.15) is 0 Å². The lowest BCUT2D eigenvalue weighted by Crippen LogP contribution is -2.47. The van der Waals surface area contributed by atoms with E-state index in [1.165, 1.54) is 22.5 Å². The summed E-state index contributed by atoms with van der Waals surface area (Å²) in [5, 5.41) is 9.18. The summed E-state index contributed by atoms with van der Waals surface area (Å²) < 4.78 is 27.0. The quantitative estimate of drug-likeness (QED) is 0.929. The fourth-order valence-corrected chi connectivity index (χ4v) is 4.92. The maximum atomic E-state index is 12.8. The minimum atomic E-state index is -3.78. The van der Waals surface area contributed by atoms with Gasteiger partial charge in [-0.25, -0.2) is 13.2 Å². The Morgan fingerprint density at radius 1 is 1.20 bits per heavy atom. The first-order valence-corrected chi connectivity index (χ1v) is 8.15. The van der Waals surface area contributed by atoms with Crippen LogP contribution in [-0.4, -0.2) is 35.9 Å². The molecule has 5 nitrogen and oxygen atoms in total. The standard InChI is InChI=1S/C14H19NO4S/c1-10-6-5-7-11(2)15(10)20(18,19)13-9-4-3-8-12(13)14(16)17/h3-4,8-11H,5-7H2,1-2H3,(H,16,17)/t10-,11+. The van der Waals surface area contributed by atoms with E-state index in [-0.39, 0.29) is 22.5 Å². The molecule has 110 valence electrons. The number of benzene rings is 1. The number of hydrogen-bond donors (Lipinski definition) is 1.